The lowest BCUT2D eigenvalue weighted by Gasteiger charge is -2.44. The number of carbonyl (C=O) groups is 1. The molecule has 0 heterocycles. The van der Waals surface area contributed by atoms with E-state index >= 15 is 0 Å². The lowest BCUT2D eigenvalue weighted by molar-refractivity contribution is -0.163. The van der Waals surface area contributed by atoms with Gasteiger partial charge in [0.05, 0.1) is 0 Å². The van der Waals surface area contributed by atoms with Crippen molar-refractivity contribution in [1.29, 1.82) is 0 Å². The first-order chi connectivity index (χ1) is 13.9. The SMILES string of the molecule is C[C@@H]1CC[C@@H](C(C)(C)c2ccccc2)[C@H](OC(=O)[C@H](O)/C=C/c2ccccc2)C1. The summed E-state index contributed by atoms with van der Waals surface area (Å²) in [4.78, 5) is 12.6. The number of rotatable bonds is 6. The molecule has 1 N–H and O–H groups in total. The Bertz CT molecular complexity index is 810. The van der Waals surface area contributed by atoms with E-state index in [-0.39, 0.29) is 17.4 Å². The summed E-state index contributed by atoms with van der Waals surface area (Å²) in [7, 11) is 0. The summed E-state index contributed by atoms with van der Waals surface area (Å²) < 4.78 is 5.89. The molecule has 3 rings (SSSR count). The molecule has 0 bridgehead atoms. The van der Waals surface area contributed by atoms with Crippen molar-refractivity contribution in [2.24, 2.45) is 11.8 Å². The lowest BCUT2D eigenvalue weighted by Crippen LogP contribution is -2.44. The van der Waals surface area contributed by atoms with E-state index in [0.29, 0.717) is 5.92 Å². The summed E-state index contributed by atoms with van der Waals surface area (Å²) in [6, 6.07) is 20.1. The van der Waals surface area contributed by atoms with Gasteiger partial charge >= 0.3 is 5.97 Å². The quantitative estimate of drug-likeness (QED) is 0.671. The minimum absolute atomic E-state index is 0.114. The van der Waals surface area contributed by atoms with Crippen LogP contribution < -0.4 is 0 Å². The van der Waals surface area contributed by atoms with Crippen LogP contribution in [0.5, 0.6) is 0 Å². The van der Waals surface area contributed by atoms with Crippen LogP contribution in [0.3, 0.4) is 0 Å². The van der Waals surface area contributed by atoms with Crippen molar-refractivity contribution in [2.75, 3.05) is 0 Å². The largest absolute Gasteiger partial charge is 0.460 e. The molecule has 1 aliphatic carbocycles. The molecule has 0 aromatic heterocycles. The van der Waals surface area contributed by atoms with Crippen molar-refractivity contribution in [3.8, 4) is 0 Å². The minimum atomic E-state index is -1.26. The maximum absolute atomic E-state index is 12.6. The van der Waals surface area contributed by atoms with E-state index in [4.69, 9.17) is 4.74 Å². The van der Waals surface area contributed by atoms with Gasteiger partial charge in [-0.05, 0) is 41.4 Å². The highest BCUT2D eigenvalue weighted by molar-refractivity contribution is 5.78. The Hall–Kier alpha value is -2.39. The molecule has 0 aliphatic heterocycles. The molecule has 0 radical (unpaired) electrons. The average Bonchev–Trinajstić information content (AvgIpc) is 2.73. The van der Waals surface area contributed by atoms with E-state index in [2.05, 4.69) is 45.0 Å². The van der Waals surface area contributed by atoms with Crippen LogP contribution in [-0.2, 0) is 14.9 Å². The monoisotopic (exact) mass is 392 g/mol. The van der Waals surface area contributed by atoms with Crippen molar-refractivity contribution < 1.29 is 14.6 Å². The van der Waals surface area contributed by atoms with Gasteiger partial charge in [-0.1, -0.05) is 93.9 Å². The van der Waals surface area contributed by atoms with E-state index in [1.54, 1.807) is 6.08 Å². The van der Waals surface area contributed by atoms with E-state index in [1.165, 1.54) is 11.6 Å². The van der Waals surface area contributed by atoms with Gasteiger partial charge in [-0.3, -0.25) is 0 Å². The van der Waals surface area contributed by atoms with Crippen LogP contribution in [0.2, 0.25) is 0 Å². The van der Waals surface area contributed by atoms with Gasteiger partial charge < -0.3 is 9.84 Å². The first-order valence-corrected chi connectivity index (χ1v) is 10.5. The van der Waals surface area contributed by atoms with Gasteiger partial charge in [0, 0.05) is 5.92 Å². The third-order valence-electron chi connectivity index (χ3n) is 6.28. The molecule has 1 aliphatic rings. The molecule has 29 heavy (non-hydrogen) atoms. The Kier molecular flexibility index (Phi) is 6.92. The van der Waals surface area contributed by atoms with E-state index in [1.807, 2.05) is 36.4 Å². The predicted molar refractivity (Wildman–Crippen MR) is 117 cm³/mol. The topological polar surface area (TPSA) is 46.5 Å². The van der Waals surface area contributed by atoms with Gasteiger partial charge in [-0.25, -0.2) is 4.79 Å². The first-order valence-electron chi connectivity index (χ1n) is 10.5. The number of esters is 1. The first kappa shape index (κ1) is 21.3. The molecule has 0 spiro atoms. The van der Waals surface area contributed by atoms with E-state index in [0.717, 1.165) is 24.8 Å². The van der Waals surface area contributed by atoms with Gasteiger partial charge in [0.2, 0.25) is 0 Å². The van der Waals surface area contributed by atoms with Crippen LogP contribution in [0.25, 0.3) is 6.08 Å². The number of ether oxygens (including phenoxy) is 1. The maximum Gasteiger partial charge on any atom is 0.339 e. The molecular formula is C26H32O3. The van der Waals surface area contributed by atoms with E-state index < -0.39 is 12.1 Å². The fourth-order valence-electron chi connectivity index (χ4n) is 4.43. The lowest BCUT2D eigenvalue weighted by atomic mass is 9.64. The van der Waals surface area contributed by atoms with Crippen molar-refractivity contribution in [2.45, 2.75) is 57.7 Å². The molecule has 4 atom stereocenters. The summed E-state index contributed by atoms with van der Waals surface area (Å²) in [5.41, 5.74) is 2.08. The smallest absolute Gasteiger partial charge is 0.339 e. The Morgan fingerprint density at radius 1 is 1.07 bits per heavy atom. The highest BCUT2D eigenvalue weighted by Gasteiger charge is 2.42. The van der Waals surface area contributed by atoms with Crippen molar-refractivity contribution in [3.05, 3.63) is 77.9 Å². The normalized spacial score (nSPS) is 23.7. The van der Waals surface area contributed by atoms with E-state index in [9.17, 15) is 9.90 Å². The molecule has 2 aromatic rings. The second kappa shape index (κ2) is 9.41. The highest BCUT2D eigenvalue weighted by Crippen LogP contribution is 2.43. The van der Waals surface area contributed by atoms with Gasteiger partial charge in [0.25, 0.3) is 0 Å². The molecular weight excluding hydrogens is 360 g/mol. The standard InChI is InChI=1S/C26H32O3/c1-19-14-16-22(26(2,3)21-12-8-5-9-13-21)24(18-19)29-25(28)23(27)17-15-20-10-6-4-7-11-20/h4-13,15,17,19,22-24,27H,14,16,18H2,1-3H3/b17-15+/t19-,22-,23-,24-/m1/s1. The number of aliphatic hydroxyl groups excluding tert-OH is 1. The number of benzene rings is 2. The number of hydrogen-bond donors (Lipinski definition) is 1. The number of carbonyl (C=O) groups excluding carboxylic acids is 1. The van der Waals surface area contributed by atoms with Gasteiger partial charge in [-0.15, -0.1) is 0 Å². The van der Waals surface area contributed by atoms with Crippen molar-refractivity contribution in [1.82, 2.24) is 0 Å². The van der Waals surface area contributed by atoms with Gasteiger partial charge in [0.1, 0.15) is 6.10 Å². The second-order valence-electron chi connectivity index (χ2n) is 8.80. The average molecular weight is 393 g/mol. The Balaban J connectivity index is 1.72. The predicted octanol–water partition coefficient (Wildman–Crippen LogP) is 5.39. The summed E-state index contributed by atoms with van der Waals surface area (Å²) >= 11 is 0. The second-order valence-corrected chi connectivity index (χ2v) is 8.80. The Morgan fingerprint density at radius 3 is 2.34 bits per heavy atom. The minimum Gasteiger partial charge on any atom is -0.460 e. The molecule has 1 fully saturated rings. The van der Waals surface area contributed by atoms with Gasteiger partial charge in [0.15, 0.2) is 6.10 Å². The molecule has 2 aromatic carbocycles. The third-order valence-corrected chi connectivity index (χ3v) is 6.28. The molecule has 0 amide bonds. The van der Waals surface area contributed by atoms with Gasteiger partial charge in [-0.2, -0.15) is 0 Å². The molecule has 154 valence electrons. The molecule has 3 nitrogen and oxygen atoms in total. The Labute approximate surface area is 174 Å². The number of aliphatic hydroxyl groups is 1. The summed E-state index contributed by atoms with van der Waals surface area (Å²) in [6.45, 7) is 6.67. The third kappa shape index (κ3) is 5.36. The summed E-state index contributed by atoms with van der Waals surface area (Å²) in [5, 5.41) is 10.3. The molecule has 0 saturated heterocycles. The van der Waals surface area contributed by atoms with Crippen molar-refractivity contribution >= 4 is 12.0 Å². The maximum atomic E-state index is 12.6. The van der Waals surface area contributed by atoms with Crippen LogP contribution in [0.15, 0.2) is 66.7 Å². The fourth-order valence-corrected chi connectivity index (χ4v) is 4.43. The molecule has 3 heteroatoms. The van der Waals surface area contributed by atoms with Crippen LogP contribution in [-0.4, -0.2) is 23.3 Å². The summed E-state index contributed by atoms with van der Waals surface area (Å²) in [6.07, 6.45) is 4.78. The zero-order chi connectivity index (χ0) is 20.9. The summed E-state index contributed by atoms with van der Waals surface area (Å²) in [5.74, 6) is 0.160. The fraction of sp³-hybridized carbons (Fsp3) is 0.423. The number of hydrogen-bond acceptors (Lipinski definition) is 3. The van der Waals surface area contributed by atoms with Crippen LogP contribution in [0.4, 0.5) is 0 Å². The Morgan fingerprint density at radius 2 is 1.69 bits per heavy atom. The zero-order valence-corrected chi connectivity index (χ0v) is 17.6. The van der Waals surface area contributed by atoms with Crippen LogP contribution in [0, 0.1) is 11.8 Å². The highest BCUT2D eigenvalue weighted by atomic mass is 16.6. The van der Waals surface area contributed by atoms with Crippen LogP contribution in [0.1, 0.15) is 51.2 Å². The van der Waals surface area contributed by atoms with Crippen LogP contribution >= 0.6 is 0 Å². The van der Waals surface area contributed by atoms with Crippen molar-refractivity contribution in [3.63, 3.8) is 0 Å². The zero-order valence-electron chi connectivity index (χ0n) is 17.6. The molecule has 1 saturated carbocycles. The molecule has 0 unspecified atom stereocenters.